The molecule has 1 aliphatic rings. The zero-order chi connectivity index (χ0) is 20.6. The highest BCUT2D eigenvalue weighted by atomic mass is 32.3. The van der Waals surface area contributed by atoms with E-state index in [4.69, 9.17) is 18.9 Å². The summed E-state index contributed by atoms with van der Waals surface area (Å²) in [6, 6.07) is 7.84. The van der Waals surface area contributed by atoms with Crippen LogP contribution in [0.4, 0.5) is 0 Å². The molecule has 0 saturated heterocycles. The Bertz CT molecular complexity index is 1180. The van der Waals surface area contributed by atoms with Crippen LogP contribution in [0.25, 0.3) is 16.9 Å². The average molecular weight is 420 g/mol. The largest absolute Gasteiger partial charge is 0.716 e. The van der Waals surface area contributed by atoms with E-state index in [1.54, 1.807) is 18.2 Å². The van der Waals surface area contributed by atoms with Gasteiger partial charge < -0.3 is 27.7 Å². The normalized spacial score (nSPS) is 12.7. The van der Waals surface area contributed by atoms with Crippen LogP contribution in [0.15, 0.2) is 36.5 Å². The van der Waals surface area contributed by atoms with Gasteiger partial charge in [-0.15, -0.1) is 5.10 Å². The summed E-state index contributed by atoms with van der Waals surface area (Å²) in [6.07, 6.45) is 1.47. The molecule has 3 aromatic rings. The van der Waals surface area contributed by atoms with Crippen molar-refractivity contribution >= 4 is 10.4 Å². The van der Waals surface area contributed by atoms with E-state index in [1.165, 1.54) is 37.2 Å². The first-order chi connectivity index (χ1) is 13.9. The first kappa shape index (κ1) is 18.8. The third-order valence-corrected chi connectivity index (χ3v) is 4.47. The smallest absolute Gasteiger partial charge is 0.262 e. The van der Waals surface area contributed by atoms with Crippen LogP contribution in [-0.4, -0.2) is 49.0 Å². The first-order valence-corrected chi connectivity index (χ1v) is 9.45. The van der Waals surface area contributed by atoms with Gasteiger partial charge in [-0.3, -0.25) is 0 Å². The van der Waals surface area contributed by atoms with Crippen molar-refractivity contribution in [2.45, 2.75) is 0 Å². The van der Waals surface area contributed by atoms with Crippen molar-refractivity contribution in [2.24, 2.45) is 0 Å². The van der Waals surface area contributed by atoms with Crippen LogP contribution in [0, 0.1) is 0 Å². The van der Waals surface area contributed by atoms with Gasteiger partial charge in [0.15, 0.2) is 23.0 Å². The Morgan fingerprint density at radius 2 is 1.86 bits per heavy atom. The van der Waals surface area contributed by atoms with E-state index in [0.29, 0.717) is 34.2 Å². The van der Waals surface area contributed by atoms with Gasteiger partial charge in [-0.1, -0.05) is 5.21 Å². The number of methoxy groups -OCH3 is 2. The lowest BCUT2D eigenvalue weighted by atomic mass is 10.1. The summed E-state index contributed by atoms with van der Waals surface area (Å²) in [5, 5.41) is 7.99. The predicted octanol–water partition coefficient (Wildman–Crippen LogP) is 1.52. The van der Waals surface area contributed by atoms with Crippen molar-refractivity contribution in [3.05, 3.63) is 36.5 Å². The van der Waals surface area contributed by atoms with Gasteiger partial charge in [0.05, 0.1) is 31.8 Å². The van der Waals surface area contributed by atoms with Crippen LogP contribution in [0.2, 0.25) is 0 Å². The molecular weight excluding hydrogens is 406 g/mol. The van der Waals surface area contributed by atoms with Gasteiger partial charge in [-0.25, -0.2) is 13.1 Å². The highest BCUT2D eigenvalue weighted by Gasteiger charge is 2.22. The zero-order valence-corrected chi connectivity index (χ0v) is 16.0. The van der Waals surface area contributed by atoms with Crippen molar-refractivity contribution in [3.63, 3.8) is 0 Å². The molecule has 0 radical (unpaired) electrons. The van der Waals surface area contributed by atoms with Gasteiger partial charge in [0.25, 0.3) is 10.4 Å². The van der Waals surface area contributed by atoms with Gasteiger partial charge in [0.2, 0.25) is 12.5 Å². The summed E-state index contributed by atoms with van der Waals surface area (Å²) in [4.78, 5) is 0. The summed E-state index contributed by atoms with van der Waals surface area (Å²) in [7, 11) is -2.17. The van der Waals surface area contributed by atoms with Crippen LogP contribution in [0.1, 0.15) is 0 Å². The van der Waals surface area contributed by atoms with Crippen LogP contribution < -0.4 is 23.1 Å². The number of fused-ring (bicyclic) bond motifs is 1. The molecule has 12 heteroatoms. The Balaban J connectivity index is 1.81. The molecule has 0 saturated carbocycles. The Morgan fingerprint density at radius 1 is 1.07 bits per heavy atom. The first-order valence-electron chi connectivity index (χ1n) is 8.12. The molecule has 2 heterocycles. The molecule has 0 amide bonds. The Morgan fingerprint density at radius 3 is 2.59 bits per heavy atom. The van der Waals surface area contributed by atoms with E-state index in [2.05, 4.69) is 14.5 Å². The fourth-order valence-electron chi connectivity index (χ4n) is 2.87. The van der Waals surface area contributed by atoms with Crippen LogP contribution in [0.3, 0.4) is 0 Å². The standard InChI is InChI=1S/C17H15N3O8S/c1-24-13-4-3-10(5-14(13)28-29(21,22)23)12-8-18-19-20(12)11-6-15(25-2)17-16(7-11)26-9-27-17/h3-8H,9H2,1-2H3,(H,21,22,23)/p-1. The molecular formula is C17H14N3O8S-. The summed E-state index contributed by atoms with van der Waals surface area (Å²) < 4.78 is 60.3. The number of aromatic nitrogens is 3. The maximum atomic E-state index is 11.0. The molecule has 1 aliphatic heterocycles. The zero-order valence-electron chi connectivity index (χ0n) is 15.2. The number of nitrogens with zero attached hydrogens (tertiary/aromatic N) is 3. The molecule has 0 aliphatic carbocycles. The van der Waals surface area contributed by atoms with E-state index in [1.807, 2.05) is 0 Å². The SMILES string of the molecule is COc1ccc(-c2cnnn2-c2cc(OC)c3c(c2)OCO3)cc1OS(=O)(=O)[O-]. The van der Waals surface area contributed by atoms with E-state index in [-0.39, 0.29) is 18.3 Å². The summed E-state index contributed by atoms with van der Waals surface area (Å²) in [5.41, 5.74) is 1.53. The molecule has 11 nitrogen and oxygen atoms in total. The van der Waals surface area contributed by atoms with Gasteiger partial charge >= 0.3 is 0 Å². The van der Waals surface area contributed by atoms with E-state index in [0.717, 1.165) is 0 Å². The Labute approximate surface area is 165 Å². The summed E-state index contributed by atoms with van der Waals surface area (Å²) in [6.45, 7) is 0.0716. The maximum absolute atomic E-state index is 11.0. The van der Waals surface area contributed by atoms with Crippen molar-refractivity contribution < 1.29 is 36.1 Å². The van der Waals surface area contributed by atoms with Crippen molar-refractivity contribution in [1.82, 2.24) is 15.0 Å². The molecule has 0 N–H and O–H groups in total. The number of benzene rings is 2. The molecule has 0 unspecified atom stereocenters. The highest BCUT2D eigenvalue weighted by molar-refractivity contribution is 7.81. The van der Waals surface area contributed by atoms with Crippen molar-refractivity contribution in [1.29, 1.82) is 0 Å². The minimum Gasteiger partial charge on any atom is -0.716 e. The molecule has 0 bridgehead atoms. The lowest BCUT2D eigenvalue weighted by molar-refractivity contribution is 0.171. The van der Waals surface area contributed by atoms with Gasteiger partial charge in [0, 0.05) is 17.7 Å². The maximum Gasteiger partial charge on any atom is 0.262 e. The molecule has 1 aromatic heterocycles. The fraction of sp³-hybridized carbons (Fsp3) is 0.176. The number of hydrogen-bond donors (Lipinski definition) is 0. The quantitative estimate of drug-likeness (QED) is 0.427. The van der Waals surface area contributed by atoms with Crippen molar-refractivity contribution in [3.8, 4) is 45.7 Å². The van der Waals surface area contributed by atoms with Crippen LogP contribution >= 0.6 is 0 Å². The van der Waals surface area contributed by atoms with Crippen LogP contribution in [-0.2, 0) is 10.4 Å². The molecule has 0 fully saturated rings. The van der Waals surface area contributed by atoms with Crippen molar-refractivity contribution in [2.75, 3.05) is 21.0 Å². The molecule has 4 rings (SSSR count). The summed E-state index contributed by atoms with van der Waals surface area (Å²) in [5.74, 6) is 1.25. The number of ether oxygens (including phenoxy) is 4. The minimum absolute atomic E-state index is 0.0716. The highest BCUT2D eigenvalue weighted by Crippen LogP contribution is 2.43. The number of rotatable bonds is 6. The number of hydrogen-bond acceptors (Lipinski definition) is 10. The van der Waals surface area contributed by atoms with E-state index < -0.39 is 10.4 Å². The fourth-order valence-corrected chi connectivity index (χ4v) is 3.22. The third-order valence-electron chi connectivity index (χ3n) is 4.09. The lowest BCUT2D eigenvalue weighted by Gasteiger charge is -2.14. The predicted molar refractivity (Wildman–Crippen MR) is 96.3 cm³/mol. The Kier molecular flexibility index (Phi) is 4.64. The second-order valence-corrected chi connectivity index (χ2v) is 6.75. The molecule has 0 spiro atoms. The van der Waals surface area contributed by atoms with Gasteiger partial charge in [-0.2, -0.15) is 0 Å². The molecule has 152 valence electrons. The summed E-state index contributed by atoms with van der Waals surface area (Å²) >= 11 is 0. The second-order valence-electron chi connectivity index (χ2n) is 5.77. The van der Waals surface area contributed by atoms with Crippen LogP contribution in [0.5, 0.6) is 28.7 Å². The van der Waals surface area contributed by atoms with Gasteiger partial charge in [-0.05, 0) is 18.2 Å². The van der Waals surface area contributed by atoms with Gasteiger partial charge in [0.1, 0.15) is 0 Å². The second kappa shape index (κ2) is 7.14. The minimum atomic E-state index is -4.99. The van der Waals surface area contributed by atoms with E-state index in [9.17, 15) is 13.0 Å². The average Bonchev–Trinajstić information content (AvgIpc) is 3.35. The monoisotopic (exact) mass is 420 g/mol. The Hall–Kier alpha value is -3.51. The molecule has 2 aromatic carbocycles. The topological polar surface area (TPSA) is 134 Å². The van der Waals surface area contributed by atoms with E-state index >= 15 is 0 Å². The third kappa shape index (κ3) is 3.62. The lowest BCUT2D eigenvalue weighted by Crippen LogP contribution is -2.08. The molecule has 0 atom stereocenters. The molecule has 29 heavy (non-hydrogen) atoms.